The van der Waals surface area contributed by atoms with E-state index in [1.807, 2.05) is 73.7 Å². The summed E-state index contributed by atoms with van der Waals surface area (Å²) < 4.78 is 5.18. The van der Waals surface area contributed by atoms with Gasteiger partial charge in [-0.3, -0.25) is 9.78 Å². The third kappa shape index (κ3) is 4.09. The summed E-state index contributed by atoms with van der Waals surface area (Å²) in [5, 5.41) is 3.85. The first kappa shape index (κ1) is 18.6. The highest BCUT2D eigenvalue weighted by molar-refractivity contribution is 6.07. The summed E-state index contributed by atoms with van der Waals surface area (Å²) in [7, 11) is 1.63. The molecule has 29 heavy (non-hydrogen) atoms. The van der Waals surface area contributed by atoms with Crippen LogP contribution in [0.2, 0.25) is 0 Å². The zero-order chi connectivity index (χ0) is 20.2. The molecular weight excluding hydrogens is 362 g/mol. The summed E-state index contributed by atoms with van der Waals surface area (Å²) in [6.07, 6.45) is 1.72. The van der Waals surface area contributed by atoms with E-state index < -0.39 is 0 Å². The predicted molar refractivity (Wildman–Crippen MR) is 114 cm³/mol. The maximum absolute atomic E-state index is 13.1. The fourth-order valence-electron chi connectivity index (χ4n) is 3.19. The van der Waals surface area contributed by atoms with Gasteiger partial charge in [-0.15, -0.1) is 0 Å². The first-order valence-corrected chi connectivity index (χ1v) is 9.38. The van der Waals surface area contributed by atoms with E-state index in [4.69, 9.17) is 9.72 Å². The monoisotopic (exact) mass is 383 g/mol. The minimum atomic E-state index is -0.143. The first-order valence-electron chi connectivity index (χ1n) is 9.38. The molecule has 4 rings (SSSR count). The van der Waals surface area contributed by atoms with Gasteiger partial charge in [0.15, 0.2) is 0 Å². The number of carbonyl (C=O) groups excluding carboxylic acids is 1. The van der Waals surface area contributed by atoms with Crippen molar-refractivity contribution in [1.82, 2.24) is 15.3 Å². The predicted octanol–water partition coefficient (Wildman–Crippen LogP) is 4.54. The largest absolute Gasteiger partial charge is 0.497 e. The van der Waals surface area contributed by atoms with E-state index in [1.165, 1.54) is 0 Å². The molecule has 1 amide bonds. The molecule has 0 fully saturated rings. The van der Waals surface area contributed by atoms with Crippen LogP contribution in [0.4, 0.5) is 0 Å². The molecule has 144 valence electrons. The summed E-state index contributed by atoms with van der Waals surface area (Å²) in [6, 6.07) is 21.0. The third-order valence-corrected chi connectivity index (χ3v) is 4.75. The van der Waals surface area contributed by atoms with E-state index >= 15 is 0 Å². The van der Waals surface area contributed by atoms with Crippen molar-refractivity contribution in [2.24, 2.45) is 0 Å². The van der Waals surface area contributed by atoms with E-state index in [1.54, 1.807) is 13.3 Å². The van der Waals surface area contributed by atoms with E-state index in [2.05, 4.69) is 10.3 Å². The molecule has 2 aromatic carbocycles. The number of aryl methyl sites for hydroxylation is 1. The van der Waals surface area contributed by atoms with Crippen molar-refractivity contribution in [1.29, 1.82) is 0 Å². The smallest absolute Gasteiger partial charge is 0.252 e. The highest BCUT2D eigenvalue weighted by Crippen LogP contribution is 2.25. The van der Waals surface area contributed by atoms with Crippen LogP contribution < -0.4 is 10.1 Å². The maximum Gasteiger partial charge on any atom is 0.252 e. The van der Waals surface area contributed by atoms with E-state index in [9.17, 15) is 4.79 Å². The van der Waals surface area contributed by atoms with Crippen LogP contribution in [0.15, 0.2) is 72.9 Å². The Bertz CT molecular complexity index is 1160. The van der Waals surface area contributed by atoms with Gasteiger partial charge in [0.05, 0.1) is 29.6 Å². The minimum absolute atomic E-state index is 0.143. The van der Waals surface area contributed by atoms with Gasteiger partial charge in [0.1, 0.15) is 5.75 Å². The van der Waals surface area contributed by atoms with Crippen molar-refractivity contribution >= 4 is 16.8 Å². The molecule has 2 aromatic heterocycles. The van der Waals surface area contributed by atoms with Crippen molar-refractivity contribution in [2.45, 2.75) is 13.5 Å². The molecule has 2 heterocycles. The van der Waals surface area contributed by atoms with Crippen LogP contribution in [0.3, 0.4) is 0 Å². The van der Waals surface area contributed by atoms with Crippen molar-refractivity contribution < 1.29 is 9.53 Å². The molecule has 4 aromatic rings. The summed E-state index contributed by atoms with van der Waals surface area (Å²) in [5.41, 5.74) is 4.85. The van der Waals surface area contributed by atoms with Crippen molar-refractivity contribution in [3.05, 3.63) is 89.6 Å². The van der Waals surface area contributed by atoms with Gasteiger partial charge in [-0.1, -0.05) is 29.8 Å². The van der Waals surface area contributed by atoms with Crippen LogP contribution in [-0.2, 0) is 6.54 Å². The Morgan fingerprint density at radius 1 is 1.00 bits per heavy atom. The number of carbonyl (C=O) groups is 1. The molecule has 0 aliphatic carbocycles. The maximum atomic E-state index is 13.1. The van der Waals surface area contributed by atoms with Gasteiger partial charge in [-0.25, -0.2) is 4.98 Å². The fourth-order valence-corrected chi connectivity index (χ4v) is 3.19. The zero-order valence-corrected chi connectivity index (χ0v) is 16.3. The molecule has 0 saturated heterocycles. The van der Waals surface area contributed by atoms with Crippen LogP contribution in [0, 0.1) is 6.92 Å². The van der Waals surface area contributed by atoms with Gasteiger partial charge in [0.2, 0.25) is 0 Å². The number of hydrogen-bond donors (Lipinski definition) is 1. The van der Waals surface area contributed by atoms with E-state index in [0.29, 0.717) is 17.8 Å². The second-order valence-electron chi connectivity index (χ2n) is 6.82. The number of aromatic nitrogens is 2. The number of ether oxygens (including phenoxy) is 1. The average Bonchev–Trinajstić information content (AvgIpc) is 2.77. The molecule has 0 aliphatic rings. The Hall–Kier alpha value is -3.73. The molecule has 0 unspecified atom stereocenters. The molecule has 0 bridgehead atoms. The van der Waals surface area contributed by atoms with Gasteiger partial charge in [0, 0.05) is 18.1 Å². The molecule has 5 heteroatoms. The van der Waals surface area contributed by atoms with Crippen LogP contribution >= 0.6 is 0 Å². The molecule has 0 spiro atoms. The number of hydrogen-bond acceptors (Lipinski definition) is 4. The number of pyridine rings is 2. The normalized spacial score (nSPS) is 10.7. The Balaban J connectivity index is 1.68. The number of nitrogens with one attached hydrogen (secondary N) is 1. The highest BCUT2D eigenvalue weighted by atomic mass is 16.5. The lowest BCUT2D eigenvalue weighted by Crippen LogP contribution is -2.23. The SMILES string of the molecule is COc1ccc(CNC(=O)c2cc(-c3ccccn3)nc3ccc(C)cc23)cc1. The van der Waals surface area contributed by atoms with Crippen LogP contribution in [-0.4, -0.2) is 23.0 Å². The Morgan fingerprint density at radius 2 is 1.83 bits per heavy atom. The average molecular weight is 383 g/mol. The standard InChI is InChI=1S/C24H21N3O2/c1-16-6-11-21-19(13-16)20(14-23(27-21)22-5-3-4-12-25-22)24(28)26-15-17-7-9-18(29-2)10-8-17/h3-14H,15H2,1-2H3,(H,26,28). The molecule has 0 aliphatic heterocycles. The quantitative estimate of drug-likeness (QED) is 0.549. The third-order valence-electron chi connectivity index (χ3n) is 4.75. The van der Waals surface area contributed by atoms with Crippen LogP contribution in [0.5, 0.6) is 5.75 Å². The molecule has 0 radical (unpaired) electrons. The van der Waals surface area contributed by atoms with Gasteiger partial charge >= 0.3 is 0 Å². The van der Waals surface area contributed by atoms with Crippen LogP contribution in [0.25, 0.3) is 22.3 Å². The lowest BCUT2D eigenvalue weighted by atomic mass is 10.0. The molecule has 0 atom stereocenters. The summed E-state index contributed by atoms with van der Waals surface area (Å²) in [4.78, 5) is 22.2. The lowest BCUT2D eigenvalue weighted by Gasteiger charge is -2.11. The first-order chi connectivity index (χ1) is 14.1. The van der Waals surface area contributed by atoms with Gasteiger partial charge < -0.3 is 10.1 Å². The molecule has 0 saturated carbocycles. The second-order valence-corrected chi connectivity index (χ2v) is 6.82. The number of benzene rings is 2. The second kappa shape index (κ2) is 8.10. The van der Waals surface area contributed by atoms with Gasteiger partial charge in [0.25, 0.3) is 5.91 Å². The summed E-state index contributed by atoms with van der Waals surface area (Å²) in [6.45, 7) is 2.43. The molecule has 1 N–H and O–H groups in total. The number of rotatable bonds is 5. The fraction of sp³-hybridized carbons (Fsp3) is 0.125. The Labute approximate surface area is 169 Å². The molecule has 5 nitrogen and oxygen atoms in total. The Kier molecular flexibility index (Phi) is 5.20. The zero-order valence-electron chi connectivity index (χ0n) is 16.3. The topological polar surface area (TPSA) is 64.1 Å². The van der Waals surface area contributed by atoms with Crippen molar-refractivity contribution in [2.75, 3.05) is 7.11 Å². The lowest BCUT2D eigenvalue weighted by molar-refractivity contribution is 0.0952. The van der Waals surface area contributed by atoms with E-state index in [0.717, 1.165) is 33.5 Å². The van der Waals surface area contributed by atoms with E-state index in [-0.39, 0.29) is 5.91 Å². The van der Waals surface area contributed by atoms with Gasteiger partial charge in [-0.2, -0.15) is 0 Å². The number of fused-ring (bicyclic) bond motifs is 1. The molecular formula is C24H21N3O2. The van der Waals surface area contributed by atoms with Crippen molar-refractivity contribution in [3.63, 3.8) is 0 Å². The number of methoxy groups -OCH3 is 1. The number of amides is 1. The van der Waals surface area contributed by atoms with Gasteiger partial charge in [-0.05, 0) is 55.0 Å². The summed E-state index contributed by atoms with van der Waals surface area (Å²) in [5.74, 6) is 0.645. The van der Waals surface area contributed by atoms with Crippen LogP contribution in [0.1, 0.15) is 21.5 Å². The summed E-state index contributed by atoms with van der Waals surface area (Å²) >= 11 is 0. The highest BCUT2D eigenvalue weighted by Gasteiger charge is 2.14. The Morgan fingerprint density at radius 3 is 2.55 bits per heavy atom. The number of nitrogens with zero attached hydrogens (tertiary/aromatic N) is 2. The van der Waals surface area contributed by atoms with Crippen molar-refractivity contribution in [3.8, 4) is 17.1 Å². The minimum Gasteiger partial charge on any atom is -0.497 e.